The van der Waals surface area contributed by atoms with E-state index < -0.39 is 0 Å². The molecule has 1 N–H and O–H groups in total. The van der Waals surface area contributed by atoms with Crippen molar-refractivity contribution in [2.45, 2.75) is 64.4 Å². The topological polar surface area (TPSA) is 55.4 Å². The number of nitrogens with one attached hydrogen (secondary N) is 1. The summed E-state index contributed by atoms with van der Waals surface area (Å²) in [7, 11) is 0. The standard InChI is InChI=1S/C18H25NO3/c1-14(20)19-16-11-9-15(10-12-16)13-18(21)22-17-7-5-3-2-4-6-8-17/h9-12,17H,2-8,13H2,1H3,(H,19,20). The van der Waals surface area contributed by atoms with Crippen LogP contribution in [0.4, 0.5) is 5.69 Å². The first kappa shape index (κ1) is 16.5. The molecule has 1 aliphatic rings. The third-order valence-corrected chi connectivity index (χ3v) is 3.97. The fourth-order valence-electron chi connectivity index (χ4n) is 2.84. The molecule has 1 saturated carbocycles. The fraction of sp³-hybridized carbons (Fsp3) is 0.556. The van der Waals surface area contributed by atoms with E-state index in [1.54, 1.807) is 12.1 Å². The van der Waals surface area contributed by atoms with Crippen LogP contribution in [0.2, 0.25) is 0 Å². The van der Waals surface area contributed by atoms with Gasteiger partial charge in [0.2, 0.25) is 5.91 Å². The maximum absolute atomic E-state index is 12.0. The highest BCUT2D eigenvalue weighted by Gasteiger charge is 2.16. The first-order valence-corrected chi connectivity index (χ1v) is 8.19. The molecular formula is C18H25NO3. The first-order valence-electron chi connectivity index (χ1n) is 8.19. The van der Waals surface area contributed by atoms with Crippen molar-refractivity contribution in [1.82, 2.24) is 0 Å². The molecule has 1 fully saturated rings. The predicted octanol–water partition coefficient (Wildman–Crippen LogP) is 3.84. The Bertz CT molecular complexity index is 488. The van der Waals surface area contributed by atoms with Gasteiger partial charge in [0, 0.05) is 12.6 Å². The SMILES string of the molecule is CC(=O)Nc1ccc(CC(=O)OC2CCCCCCC2)cc1. The molecule has 0 spiro atoms. The van der Waals surface area contributed by atoms with E-state index in [9.17, 15) is 9.59 Å². The maximum Gasteiger partial charge on any atom is 0.310 e. The van der Waals surface area contributed by atoms with Gasteiger partial charge in [0.05, 0.1) is 6.42 Å². The van der Waals surface area contributed by atoms with Crippen LogP contribution in [-0.4, -0.2) is 18.0 Å². The minimum Gasteiger partial charge on any atom is -0.462 e. The summed E-state index contributed by atoms with van der Waals surface area (Å²) in [6, 6.07) is 7.31. The highest BCUT2D eigenvalue weighted by Crippen LogP contribution is 2.20. The second-order valence-corrected chi connectivity index (χ2v) is 6.01. The summed E-state index contributed by atoms with van der Waals surface area (Å²) in [5.41, 5.74) is 1.65. The Morgan fingerprint density at radius 2 is 1.64 bits per heavy atom. The zero-order valence-corrected chi connectivity index (χ0v) is 13.3. The van der Waals surface area contributed by atoms with Crippen molar-refractivity contribution in [2.24, 2.45) is 0 Å². The lowest BCUT2D eigenvalue weighted by Gasteiger charge is -2.20. The van der Waals surface area contributed by atoms with E-state index >= 15 is 0 Å². The lowest BCUT2D eigenvalue weighted by atomic mass is 9.98. The maximum atomic E-state index is 12.0. The number of benzene rings is 1. The lowest BCUT2D eigenvalue weighted by molar-refractivity contribution is -0.149. The van der Waals surface area contributed by atoms with Crippen LogP contribution in [0.5, 0.6) is 0 Å². The van der Waals surface area contributed by atoms with Gasteiger partial charge in [0.1, 0.15) is 6.10 Å². The van der Waals surface area contributed by atoms with Crippen LogP contribution < -0.4 is 5.32 Å². The zero-order chi connectivity index (χ0) is 15.8. The molecule has 0 unspecified atom stereocenters. The number of hydrogen-bond acceptors (Lipinski definition) is 3. The summed E-state index contributed by atoms with van der Waals surface area (Å²) < 4.78 is 5.62. The largest absolute Gasteiger partial charge is 0.462 e. The average Bonchev–Trinajstić information content (AvgIpc) is 2.43. The van der Waals surface area contributed by atoms with E-state index in [0.717, 1.165) is 36.9 Å². The Kier molecular flexibility index (Phi) is 6.44. The predicted molar refractivity (Wildman–Crippen MR) is 86.6 cm³/mol. The summed E-state index contributed by atoms with van der Waals surface area (Å²) in [5, 5.41) is 2.71. The number of carbonyl (C=O) groups excluding carboxylic acids is 2. The van der Waals surface area contributed by atoms with Crippen LogP contribution >= 0.6 is 0 Å². The van der Waals surface area contributed by atoms with Crippen LogP contribution in [-0.2, 0) is 20.7 Å². The van der Waals surface area contributed by atoms with Gasteiger partial charge in [-0.25, -0.2) is 0 Å². The van der Waals surface area contributed by atoms with Crippen molar-refractivity contribution in [3.05, 3.63) is 29.8 Å². The van der Waals surface area contributed by atoms with Crippen LogP contribution in [0, 0.1) is 0 Å². The van der Waals surface area contributed by atoms with Crippen molar-refractivity contribution in [3.8, 4) is 0 Å². The molecule has 0 saturated heterocycles. The quantitative estimate of drug-likeness (QED) is 0.860. The van der Waals surface area contributed by atoms with Gasteiger partial charge in [0.15, 0.2) is 0 Å². The number of rotatable bonds is 4. The molecular weight excluding hydrogens is 278 g/mol. The minimum atomic E-state index is -0.155. The van der Waals surface area contributed by atoms with Crippen LogP contribution in [0.3, 0.4) is 0 Å². The van der Waals surface area contributed by atoms with Crippen molar-refractivity contribution < 1.29 is 14.3 Å². The molecule has 0 radical (unpaired) electrons. The summed E-state index contributed by atoms with van der Waals surface area (Å²) in [4.78, 5) is 23.0. The van der Waals surface area contributed by atoms with Gasteiger partial charge in [-0.2, -0.15) is 0 Å². The number of carbonyl (C=O) groups is 2. The van der Waals surface area contributed by atoms with Gasteiger partial charge < -0.3 is 10.1 Å². The van der Waals surface area contributed by atoms with E-state index in [1.807, 2.05) is 12.1 Å². The highest BCUT2D eigenvalue weighted by atomic mass is 16.5. The van der Waals surface area contributed by atoms with E-state index in [0.29, 0.717) is 0 Å². The molecule has 4 heteroatoms. The number of anilines is 1. The molecule has 2 rings (SSSR count). The van der Waals surface area contributed by atoms with Gasteiger partial charge in [-0.1, -0.05) is 31.4 Å². The normalized spacial score (nSPS) is 16.4. The van der Waals surface area contributed by atoms with Crippen molar-refractivity contribution in [3.63, 3.8) is 0 Å². The molecule has 22 heavy (non-hydrogen) atoms. The Labute approximate surface area is 132 Å². The van der Waals surface area contributed by atoms with Crippen LogP contribution in [0.1, 0.15) is 57.4 Å². The molecule has 0 aliphatic heterocycles. The Balaban J connectivity index is 1.81. The van der Waals surface area contributed by atoms with Crippen molar-refractivity contribution in [1.29, 1.82) is 0 Å². The molecule has 0 atom stereocenters. The van der Waals surface area contributed by atoms with Crippen molar-refractivity contribution >= 4 is 17.6 Å². The van der Waals surface area contributed by atoms with E-state index in [4.69, 9.17) is 4.74 Å². The number of ether oxygens (including phenoxy) is 1. The molecule has 1 aromatic carbocycles. The molecule has 4 nitrogen and oxygen atoms in total. The van der Waals surface area contributed by atoms with Crippen molar-refractivity contribution in [2.75, 3.05) is 5.32 Å². The summed E-state index contributed by atoms with van der Waals surface area (Å²) >= 11 is 0. The third-order valence-electron chi connectivity index (χ3n) is 3.97. The van der Waals surface area contributed by atoms with Gasteiger partial charge in [-0.3, -0.25) is 9.59 Å². The minimum absolute atomic E-state index is 0.0893. The summed E-state index contributed by atoms with van der Waals surface area (Å²) in [5.74, 6) is -0.255. The molecule has 0 aromatic heterocycles. The smallest absolute Gasteiger partial charge is 0.310 e. The molecule has 1 aromatic rings. The van der Waals surface area contributed by atoms with E-state index in [1.165, 1.54) is 26.2 Å². The third kappa shape index (κ3) is 5.88. The van der Waals surface area contributed by atoms with Gasteiger partial charge in [-0.05, 0) is 43.4 Å². The Morgan fingerprint density at radius 1 is 1.05 bits per heavy atom. The molecule has 120 valence electrons. The molecule has 0 heterocycles. The van der Waals surface area contributed by atoms with Gasteiger partial charge in [-0.15, -0.1) is 0 Å². The number of hydrogen-bond donors (Lipinski definition) is 1. The number of esters is 1. The van der Waals surface area contributed by atoms with Crippen LogP contribution in [0.25, 0.3) is 0 Å². The second kappa shape index (κ2) is 8.57. The molecule has 0 bridgehead atoms. The molecule has 1 aliphatic carbocycles. The Hall–Kier alpha value is -1.84. The zero-order valence-electron chi connectivity index (χ0n) is 13.3. The van der Waals surface area contributed by atoms with Gasteiger partial charge in [0.25, 0.3) is 0 Å². The first-order chi connectivity index (χ1) is 10.6. The van der Waals surface area contributed by atoms with Crippen LogP contribution in [0.15, 0.2) is 24.3 Å². The average molecular weight is 303 g/mol. The highest BCUT2D eigenvalue weighted by molar-refractivity contribution is 5.88. The monoisotopic (exact) mass is 303 g/mol. The van der Waals surface area contributed by atoms with Gasteiger partial charge >= 0.3 is 5.97 Å². The second-order valence-electron chi connectivity index (χ2n) is 6.01. The lowest BCUT2D eigenvalue weighted by Crippen LogP contribution is -2.20. The Morgan fingerprint density at radius 3 is 2.23 bits per heavy atom. The summed E-state index contributed by atoms with van der Waals surface area (Å²) in [6.45, 7) is 1.47. The number of amides is 1. The molecule has 1 amide bonds. The van der Waals surface area contributed by atoms with E-state index in [2.05, 4.69) is 5.32 Å². The van der Waals surface area contributed by atoms with E-state index in [-0.39, 0.29) is 24.4 Å². The fourth-order valence-corrected chi connectivity index (χ4v) is 2.84. The summed E-state index contributed by atoms with van der Waals surface area (Å²) in [6.07, 6.45) is 8.48.